The van der Waals surface area contributed by atoms with Crippen LogP contribution in [0.3, 0.4) is 0 Å². The Hall–Kier alpha value is -1.35. The average molecular weight is 232 g/mol. The number of aryl methyl sites for hydroxylation is 4. The lowest BCUT2D eigenvalue weighted by Gasteiger charge is -2.05. The predicted molar refractivity (Wildman–Crippen MR) is 70.8 cm³/mol. The zero-order valence-electron chi connectivity index (χ0n) is 10.1. The number of benzene rings is 1. The molecule has 0 unspecified atom stereocenters. The summed E-state index contributed by atoms with van der Waals surface area (Å²) in [5, 5.41) is 4.33. The van der Waals surface area contributed by atoms with Crippen LogP contribution in [0.2, 0.25) is 0 Å². The van der Waals surface area contributed by atoms with Gasteiger partial charge in [-0.3, -0.25) is 0 Å². The van der Waals surface area contributed by atoms with E-state index >= 15 is 0 Å². The highest BCUT2D eigenvalue weighted by molar-refractivity contribution is 7.15. The summed E-state index contributed by atoms with van der Waals surface area (Å²) in [6.45, 7) is 8.35. The van der Waals surface area contributed by atoms with Crippen LogP contribution >= 0.6 is 11.3 Å². The number of thiazole rings is 1. The molecule has 2 rings (SSSR count). The van der Waals surface area contributed by atoms with Crippen molar-refractivity contribution < 1.29 is 0 Å². The van der Waals surface area contributed by atoms with Crippen molar-refractivity contribution >= 4 is 22.2 Å². The van der Waals surface area contributed by atoms with Gasteiger partial charge in [0, 0.05) is 10.6 Å². The maximum Gasteiger partial charge on any atom is 0.187 e. The van der Waals surface area contributed by atoms with Gasteiger partial charge < -0.3 is 5.32 Å². The minimum Gasteiger partial charge on any atom is -0.332 e. The molecule has 0 atom stereocenters. The number of hydrogen-bond donors (Lipinski definition) is 1. The second-order valence-electron chi connectivity index (χ2n) is 4.16. The van der Waals surface area contributed by atoms with Gasteiger partial charge in [0.1, 0.15) is 0 Å². The van der Waals surface area contributed by atoms with Crippen molar-refractivity contribution in [2.24, 2.45) is 0 Å². The lowest BCUT2D eigenvalue weighted by atomic mass is 10.1. The van der Waals surface area contributed by atoms with Crippen molar-refractivity contribution in [3.8, 4) is 0 Å². The fourth-order valence-corrected chi connectivity index (χ4v) is 2.53. The summed E-state index contributed by atoms with van der Waals surface area (Å²) in [6.07, 6.45) is 0. The van der Waals surface area contributed by atoms with E-state index in [0.29, 0.717) is 0 Å². The molecule has 0 bridgehead atoms. The minimum absolute atomic E-state index is 0.972. The van der Waals surface area contributed by atoms with E-state index < -0.39 is 0 Å². The van der Waals surface area contributed by atoms with Crippen LogP contribution in [0.5, 0.6) is 0 Å². The van der Waals surface area contributed by atoms with Gasteiger partial charge in [-0.1, -0.05) is 6.07 Å². The molecule has 0 aliphatic carbocycles. The quantitative estimate of drug-likeness (QED) is 0.842. The summed E-state index contributed by atoms with van der Waals surface area (Å²) >= 11 is 1.70. The molecule has 1 N–H and O–H groups in total. The predicted octanol–water partition coefficient (Wildman–Crippen LogP) is 4.12. The van der Waals surface area contributed by atoms with Crippen molar-refractivity contribution in [3.05, 3.63) is 39.9 Å². The fraction of sp³-hybridized carbons (Fsp3) is 0.308. The second-order valence-corrected chi connectivity index (χ2v) is 5.37. The molecule has 2 aromatic rings. The number of anilines is 2. The molecule has 0 spiro atoms. The van der Waals surface area contributed by atoms with Crippen LogP contribution in [0.4, 0.5) is 10.8 Å². The molecule has 1 aromatic carbocycles. The van der Waals surface area contributed by atoms with Crippen LogP contribution in [-0.4, -0.2) is 4.98 Å². The van der Waals surface area contributed by atoms with Crippen LogP contribution in [0.15, 0.2) is 18.2 Å². The number of nitrogens with one attached hydrogen (secondary N) is 1. The smallest absolute Gasteiger partial charge is 0.187 e. The molecule has 0 fully saturated rings. The molecule has 3 heteroatoms. The van der Waals surface area contributed by atoms with Gasteiger partial charge in [0.05, 0.1) is 5.69 Å². The molecule has 16 heavy (non-hydrogen) atoms. The topological polar surface area (TPSA) is 24.9 Å². The van der Waals surface area contributed by atoms with E-state index in [9.17, 15) is 0 Å². The third kappa shape index (κ3) is 2.42. The van der Waals surface area contributed by atoms with Crippen LogP contribution in [0, 0.1) is 27.7 Å². The Labute approximate surface area is 100 Å². The third-order valence-corrected chi connectivity index (χ3v) is 3.49. The molecule has 1 aromatic heterocycles. The molecular formula is C13H16N2S. The number of rotatable bonds is 2. The lowest BCUT2D eigenvalue weighted by Crippen LogP contribution is -1.91. The first-order valence-corrected chi connectivity index (χ1v) is 6.15. The van der Waals surface area contributed by atoms with Crippen LogP contribution in [0.25, 0.3) is 0 Å². The van der Waals surface area contributed by atoms with Crippen molar-refractivity contribution in [3.63, 3.8) is 0 Å². The zero-order valence-corrected chi connectivity index (χ0v) is 10.9. The Bertz CT molecular complexity index is 475. The first-order chi connectivity index (χ1) is 7.54. The van der Waals surface area contributed by atoms with E-state index in [1.807, 2.05) is 6.92 Å². The third-order valence-electron chi connectivity index (χ3n) is 2.50. The highest BCUT2D eigenvalue weighted by Crippen LogP contribution is 2.25. The van der Waals surface area contributed by atoms with Gasteiger partial charge in [0.2, 0.25) is 0 Å². The van der Waals surface area contributed by atoms with E-state index in [1.165, 1.54) is 16.0 Å². The largest absolute Gasteiger partial charge is 0.332 e. The van der Waals surface area contributed by atoms with E-state index in [2.05, 4.69) is 49.3 Å². The summed E-state index contributed by atoms with van der Waals surface area (Å²) in [5.41, 5.74) is 4.77. The normalized spacial score (nSPS) is 10.5. The van der Waals surface area contributed by atoms with Crippen molar-refractivity contribution in [1.82, 2.24) is 4.98 Å². The summed E-state index contributed by atoms with van der Waals surface area (Å²) in [5.74, 6) is 0. The van der Waals surface area contributed by atoms with Crippen LogP contribution < -0.4 is 5.32 Å². The van der Waals surface area contributed by atoms with Gasteiger partial charge in [0.25, 0.3) is 0 Å². The Morgan fingerprint density at radius 2 is 1.62 bits per heavy atom. The van der Waals surface area contributed by atoms with Gasteiger partial charge in [-0.2, -0.15) is 0 Å². The molecule has 0 aliphatic rings. The SMILES string of the molecule is Cc1cc(C)cc(Nc2nc(C)c(C)s2)c1. The molecule has 0 saturated carbocycles. The standard InChI is InChI=1S/C13H16N2S/c1-8-5-9(2)7-12(6-8)15-13-14-10(3)11(4)16-13/h5-7H,1-4H3,(H,14,15). The van der Waals surface area contributed by atoms with E-state index in [-0.39, 0.29) is 0 Å². The molecular weight excluding hydrogens is 216 g/mol. The summed E-state index contributed by atoms with van der Waals surface area (Å²) in [4.78, 5) is 5.74. The lowest BCUT2D eigenvalue weighted by molar-refractivity contribution is 1.23. The van der Waals surface area contributed by atoms with Crippen LogP contribution in [0.1, 0.15) is 21.7 Å². The van der Waals surface area contributed by atoms with Crippen molar-refractivity contribution in [2.45, 2.75) is 27.7 Å². The molecule has 0 aliphatic heterocycles. The first kappa shape index (κ1) is 11.1. The maximum absolute atomic E-state index is 4.47. The van der Waals surface area contributed by atoms with Gasteiger partial charge in [-0.05, 0) is 51.0 Å². The summed E-state index contributed by atoms with van der Waals surface area (Å²) in [6, 6.07) is 6.45. The van der Waals surface area contributed by atoms with Crippen LogP contribution in [-0.2, 0) is 0 Å². The Morgan fingerprint density at radius 3 is 2.12 bits per heavy atom. The van der Waals surface area contributed by atoms with Crippen molar-refractivity contribution in [1.29, 1.82) is 0 Å². The molecule has 84 valence electrons. The number of aromatic nitrogens is 1. The summed E-state index contributed by atoms with van der Waals surface area (Å²) in [7, 11) is 0. The van der Waals surface area contributed by atoms with E-state index in [0.717, 1.165) is 16.5 Å². The molecule has 1 heterocycles. The van der Waals surface area contributed by atoms with Gasteiger partial charge in [-0.25, -0.2) is 4.98 Å². The fourth-order valence-electron chi connectivity index (χ4n) is 1.70. The molecule has 0 amide bonds. The Balaban J connectivity index is 2.26. The first-order valence-electron chi connectivity index (χ1n) is 5.34. The van der Waals surface area contributed by atoms with Gasteiger partial charge in [0.15, 0.2) is 5.13 Å². The zero-order chi connectivity index (χ0) is 11.7. The van der Waals surface area contributed by atoms with Gasteiger partial charge in [-0.15, -0.1) is 11.3 Å². The minimum atomic E-state index is 0.972. The highest BCUT2D eigenvalue weighted by Gasteiger charge is 2.04. The van der Waals surface area contributed by atoms with E-state index in [1.54, 1.807) is 11.3 Å². The Kier molecular flexibility index (Phi) is 2.97. The average Bonchev–Trinajstić information content (AvgIpc) is 2.43. The summed E-state index contributed by atoms with van der Waals surface area (Å²) < 4.78 is 0. The Morgan fingerprint density at radius 1 is 1.00 bits per heavy atom. The number of nitrogens with zero attached hydrogens (tertiary/aromatic N) is 1. The molecule has 0 saturated heterocycles. The number of hydrogen-bond acceptors (Lipinski definition) is 3. The molecule has 0 radical (unpaired) electrons. The monoisotopic (exact) mass is 232 g/mol. The maximum atomic E-state index is 4.47. The highest BCUT2D eigenvalue weighted by atomic mass is 32.1. The molecule has 2 nitrogen and oxygen atoms in total. The van der Waals surface area contributed by atoms with E-state index in [4.69, 9.17) is 0 Å². The second kappa shape index (κ2) is 4.26. The van der Waals surface area contributed by atoms with Gasteiger partial charge >= 0.3 is 0 Å². The van der Waals surface area contributed by atoms with Crippen molar-refractivity contribution in [2.75, 3.05) is 5.32 Å².